The van der Waals surface area contributed by atoms with Crippen molar-refractivity contribution in [2.45, 2.75) is 31.6 Å². The summed E-state index contributed by atoms with van der Waals surface area (Å²) in [6.45, 7) is 1.58. The van der Waals surface area contributed by atoms with Gasteiger partial charge in [0.1, 0.15) is 0 Å². The Morgan fingerprint density at radius 2 is 2.08 bits per heavy atom. The second-order valence-corrected chi connectivity index (χ2v) is 4.20. The highest BCUT2D eigenvalue weighted by molar-refractivity contribution is 8.00. The van der Waals surface area contributed by atoms with Crippen LogP contribution in [0.3, 0.4) is 0 Å². The van der Waals surface area contributed by atoms with E-state index in [0.29, 0.717) is 6.04 Å². The first-order valence-electron chi connectivity index (χ1n) is 3.88. The van der Waals surface area contributed by atoms with Crippen LogP contribution in [0.5, 0.6) is 0 Å². The minimum absolute atomic E-state index is 0.298. The molecule has 0 amide bonds. The maximum absolute atomic E-state index is 11.8. The first-order valence-corrected chi connectivity index (χ1v) is 5.03. The van der Waals surface area contributed by atoms with Gasteiger partial charge in [0.15, 0.2) is 0 Å². The van der Waals surface area contributed by atoms with Crippen molar-refractivity contribution in [3.8, 4) is 0 Å². The van der Waals surface area contributed by atoms with E-state index in [0.717, 1.165) is 11.5 Å². The van der Waals surface area contributed by atoms with E-state index in [2.05, 4.69) is 5.32 Å². The van der Waals surface area contributed by atoms with Crippen molar-refractivity contribution < 1.29 is 13.2 Å². The number of nitrogens with one attached hydrogen (secondary N) is 1. The van der Waals surface area contributed by atoms with Gasteiger partial charge in [-0.2, -0.15) is 24.9 Å². The largest absolute Gasteiger partial charge is 0.390 e. The van der Waals surface area contributed by atoms with Crippen LogP contribution in [0.15, 0.2) is 0 Å². The molecular formula is C7H12F3NS. The molecule has 0 bridgehead atoms. The highest BCUT2D eigenvalue weighted by Crippen LogP contribution is 2.23. The lowest BCUT2D eigenvalue weighted by atomic mass is 10.2. The quantitative estimate of drug-likeness (QED) is 0.746. The van der Waals surface area contributed by atoms with Gasteiger partial charge in [0.05, 0.1) is 6.42 Å². The summed E-state index contributed by atoms with van der Waals surface area (Å²) in [7, 11) is 0. The average Bonchev–Trinajstić information content (AvgIpc) is 1.74. The van der Waals surface area contributed by atoms with Crippen molar-refractivity contribution in [1.82, 2.24) is 5.32 Å². The zero-order chi connectivity index (χ0) is 9.19. The van der Waals surface area contributed by atoms with Crippen LogP contribution < -0.4 is 5.32 Å². The van der Waals surface area contributed by atoms with E-state index in [1.165, 1.54) is 0 Å². The van der Waals surface area contributed by atoms with Crippen LogP contribution in [-0.2, 0) is 0 Å². The number of thioether (sulfide) groups is 1. The summed E-state index contributed by atoms with van der Waals surface area (Å²) in [5, 5.41) is 2.93. The lowest BCUT2D eigenvalue weighted by Gasteiger charge is -2.29. The fourth-order valence-corrected chi connectivity index (χ4v) is 1.80. The molecule has 1 unspecified atom stereocenters. The van der Waals surface area contributed by atoms with Crippen molar-refractivity contribution >= 4 is 11.8 Å². The molecule has 1 rings (SSSR count). The Bertz CT molecular complexity index is 144. The van der Waals surface area contributed by atoms with Gasteiger partial charge in [0, 0.05) is 23.6 Å². The normalized spacial score (nSPS) is 22.0. The van der Waals surface area contributed by atoms with E-state index in [1.54, 1.807) is 18.7 Å². The van der Waals surface area contributed by atoms with Gasteiger partial charge in [0.2, 0.25) is 0 Å². The number of rotatable bonds is 3. The highest BCUT2D eigenvalue weighted by atomic mass is 32.2. The Balaban J connectivity index is 2.14. The van der Waals surface area contributed by atoms with Crippen LogP contribution in [0.25, 0.3) is 0 Å². The van der Waals surface area contributed by atoms with Gasteiger partial charge in [-0.1, -0.05) is 0 Å². The lowest BCUT2D eigenvalue weighted by Crippen LogP contribution is -2.46. The molecule has 5 heteroatoms. The van der Waals surface area contributed by atoms with E-state index in [1.807, 2.05) is 0 Å². The molecule has 1 N–H and O–H groups in total. The molecule has 0 aliphatic carbocycles. The summed E-state index contributed by atoms with van der Waals surface area (Å²) >= 11 is 1.76. The van der Waals surface area contributed by atoms with Gasteiger partial charge < -0.3 is 5.32 Å². The molecule has 0 radical (unpaired) electrons. The molecule has 1 saturated heterocycles. The van der Waals surface area contributed by atoms with Gasteiger partial charge in [-0.3, -0.25) is 0 Å². The second-order valence-electron chi connectivity index (χ2n) is 3.12. The van der Waals surface area contributed by atoms with E-state index in [9.17, 15) is 13.2 Å². The van der Waals surface area contributed by atoms with Gasteiger partial charge in [-0.15, -0.1) is 0 Å². The summed E-state index contributed by atoms with van der Waals surface area (Å²) < 4.78 is 35.5. The average molecular weight is 199 g/mol. The molecule has 0 aromatic carbocycles. The molecule has 1 aliphatic rings. The molecule has 12 heavy (non-hydrogen) atoms. The topological polar surface area (TPSA) is 12.0 Å². The highest BCUT2D eigenvalue weighted by Gasteiger charge is 2.31. The van der Waals surface area contributed by atoms with E-state index in [-0.39, 0.29) is 0 Å². The predicted molar refractivity (Wildman–Crippen MR) is 44.4 cm³/mol. The van der Waals surface area contributed by atoms with Crippen LogP contribution >= 0.6 is 11.8 Å². The van der Waals surface area contributed by atoms with Gasteiger partial charge in [-0.05, 0) is 6.92 Å². The smallest absolute Gasteiger partial charge is 0.310 e. The number of hydrogen-bond acceptors (Lipinski definition) is 2. The van der Waals surface area contributed by atoms with E-state index >= 15 is 0 Å². The zero-order valence-corrected chi connectivity index (χ0v) is 7.63. The number of halogens is 3. The molecule has 1 heterocycles. The molecule has 0 aromatic heterocycles. The lowest BCUT2D eigenvalue weighted by molar-refractivity contribution is -0.139. The third-order valence-corrected chi connectivity index (χ3v) is 2.97. The molecule has 72 valence electrons. The van der Waals surface area contributed by atoms with E-state index < -0.39 is 18.6 Å². The molecule has 0 saturated carbocycles. The minimum Gasteiger partial charge on any atom is -0.310 e. The van der Waals surface area contributed by atoms with Crippen molar-refractivity contribution in [3.63, 3.8) is 0 Å². The van der Waals surface area contributed by atoms with Gasteiger partial charge >= 0.3 is 6.18 Å². The standard InChI is InChI=1S/C7H12F3NS/c1-5(2-7(8,9)10)11-6-3-12-4-6/h5-6,11H,2-4H2,1H3. The molecule has 0 spiro atoms. The predicted octanol–water partition coefficient (Wildman–Crippen LogP) is 2.03. The van der Waals surface area contributed by atoms with Crippen molar-refractivity contribution in [2.24, 2.45) is 0 Å². The maximum Gasteiger partial charge on any atom is 0.390 e. The minimum atomic E-state index is -4.04. The van der Waals surface area contributed by atoms with Crippen LogP contribution in [0.1, 0.15) is 13.3 Å². The summed E-state index contributed by atoms with van der Waals surface area (Å²) in [5.41, 5.74) is 0. The fourth-order valence-electron chi connectivity index (χ4n) is 1.14. The summed E-state index contributed by atoms with van der Waals surface area (Å²) in [4.78, 5) is 0. The van der Waals surface area contributed by atoms with E-state index in [4.69, 9.17) is 0 Å². The Morgan fingerprint density at radius 3 is 2.42 bits per heavy atom. The van der Waals surface area contributed by atoms with Gasteiger partial charge in [-0.25, -0.2) is 0 Å². The van der Waals surface area contributed by atoms with Crippen molar-refractivity contribution in [1.29, 1.82) is 0 Å². The Hall–Kier alpha value is 0.100. The van der Waals surface area contributed by atoms with Crippen molar-refractivity contribution in [2.75, 3.05) is 11.5 Å². The monoisotopic (exact) mass is 199 g/mol. The first kappa shape index (κ1) is 10.2. The second kappa shape index (κ2) is 3.87. The molecular weight excluding hydrogens is 187 g/mol. The molecule has 1 aliphatic heterocycles. The van der Waals surface area contributed by atoms with Crippen LogP contribution in [0.4, 0.5) is 13.2 Å². The summed E-state index contributed by atoms with van der Waals surface area (Å²) in [6, 6.07) is -0.150. The SMILES string of the molecule is CC(CC(F)(F)F)NC1CSC1. The summed E-state index contributed by atoms with van der Waals surface area (Å²) in [5.74, 6) is 1.89. The first-order chi connectivity index (χ1) is 5.47. The van der Waals surface area contributed by atoms with Gasteiger partial charge in [0.25, 0.3) is 0 Å². The molecule has 0 aromatic rings. The van der Waals surface area contributed by atoms with Crippen LogP contribution in [0, 0.1) is 0 Å². The number of hydrogen-bond donors (Lipinski definition) is 1. The molecule has 1 fully saturated rings. The number of alkyl halides is 3. The maximum atomic E-state index is 11.8. The molecule has 1 atom stereocenters. The van der Waals surface area contributed by atoms with Crippen molar-refractivity contribution in [3.05, 3.63) is 0 Å². The summed E-state index contributed by atoms with van der Waals surface area (Å²) in [6.07, 6.45) is -4.77. The van der Waals surface area contributed by atoms with Crippen LogP contribution in [-0.4, -0.2) is 29.8 Å². The fraction of sp³-hybridized carbons (Fsp3) is 1.00. The Morgan fingerprint density at radius 1 is 1.50 bits per heavy atom. The Kier molecular flexibility index (Phi) is 3.29. The molecule has 1 nitrogen and oxygen atoms in total. The third-order valence-electron chi connectivity index (χ3n) is 1.70. The Labute approximate surface area is 74.1 Å². The zero-order valence-electron chi connectivity index (χ0n) is 6.82. The van der Waals surface area contributed by atoms with Crippen LogP contribution in [0.2, 0.25) is 0 Å². The third kappa shape index (κ3) is 3.67.